The Bertz CT molecular complexity index is 248. The van der Waals surface area contributed by atoms with Crippen molar-refractivity contribution in [2.75, 3.05) is 0 Å². The average molecular weight is 456 g/mol. The van der Waals surface area contributed by atoms with Gasteiger partial charge in [0, 0.05) is 6.42 Å². The lowest BCUT2D eigenvalue weighted by atomic mass is 10.0. The lowest BCUT2D eigenvalue weighted by molar-refractivity contribution is -0.133. The zero-order valence-corrected chi connectivity index (χ0v) is 16.3. The van der Waals surface area contributed by atoms with Gasteiger partial charge in [0.05, 0.1) is 3.74 Å². The largest absolute Gasteiger partial charge is 0.307 e. The first-order valence-corrected chi connectivity index (χ1v) is 10.1. The highest BCUT2D eigenvalue weighted by Crippen LogP contribution is 2.29. The molecule has 0 aliphatic carbocycles. The summed E-state index contributed by atoms with van der Waals surface area (Å²) >= 11 is 6.92. The molecule has 0 aliphatic heterocycles. The molecule has 0 aromatic rings. The van der Waals surface area contributed by atoms with Crippen LogP contribution in [-0.2, 0) is 0 Å². The Morgan fingerprint density at radius 2 is 1.00 bits per heavy atom. The van der Waals surface area contributed by atoms with Crippen LogP contribution < -0.4 is 0 Å². The minimum absolute atomic E-state index is 0.194. The second-order valence-corrected chi connectivity index (χ2v) is 9.32. The molecule has 0 aromatic heterocycles. The molecule has 0 bridgehead atoms. The molecule has 0 amide bonds. The molecule has 134 valence electrons. The van der Waals surface area contributed by atoms with E-state index < -0.39 is 18.8 Å². The molecule has 0 fully saturated rings. The summed E-state index contributed by atoms with van der Waals surface area (Å²) in [4.78, 5) is 0. The summed E-state index contributed by atoms with van der Waals surface area (Å²) in [5.74, 6) is -3.80. The van der Waals surface area contributed by atoms with Crippen LogP contribution in [0.2, 0.25) is 0 Å². The van der Waals surface area contributed by atoms with Gasteiger partial charge in [0.2, 0.25) is 0 Å². The zero-order valence-electron chi connectivity index (χ0n) is 13.1. The minimum Gasteiger partial charge on any atom is -0.204 e. The quantitative estimate of drug-likeness (QED) is 0.133. The van der Waals surface area contributed by atoms with Gasteiger partial charge in [-0.25, -0.2) is 17.6 Å². The maximum atomic E-state index is 12.6. The van der Waals surface area contributed by atoms with E-state index in [0.717, 1.165) is 25.7 Å². The Morgan fingerprint density at radius 1 is 0.636 bits per heavy atom. The van der Waals surface area contributed by atoms with E-state index in [-0.39, 0.29) is 6.42 Å². The highest BCUT2D eigenvalue weighted by molar-refractivity contribution is 9.24. The number of hydrogen-bond donors (Lipinski definition) is 0. The van der Waals surface area contributed by atoms with E-state index in [1.54, 1.807) is 0 Å². The molecule has 0 nitrogen and oxygen atoms in total. The van der Waals surface area contributed by atoms with Crippen molar-refractivity contribution in [3.05, 3.63) is 0 Å². The molecule has 0 saturated carbocycles. The molecule has 0 radical (unpaired) electrons. The van der Waals surface area contributed by atoms with Crippen LogP contribution in [0.5, 0.6) is 0 Å². The van der Waals surface area contributed by atoms with Gasteiger partial charge in [-0.1, -0.05) is 96.1 Å². The molecule has 22 heavy (non-hydrogen) atoms. The molecule has 0 saturated heterocycles. The van der Waals surface area contributed by atoms with Crippen LogP contribution in [0, 0.1) is 0 Å². The fourth-order valence-corrected chi connectivity index (χ4v) is 3.01. The SMILES string of the molecule is FC(F)C(F)(F)CCCCCCCCCCCCCC(Br)Br. The van der Waals surface area contributed by atoms with Gasteiger partial charge in [-0.2, -0.15) is 0 Å². The Kier molecular flexibility index (Phi) is 14.5. The zero-order chi connectivity index (χ0) is 16.8. The van der Waals surface area contributed by atoms with Crippen molar-refractivity contribution in [3.63, 3.8) is 0 Å². The Balaban J connectivity index is 3.18. The summed E-state index contributed by atoms with van der Waals surface area (Å²) in [5.41, 5.74) is 0. The predicted molar refractivity (Wildman–Crippen MR) is 92.6 cm³/mol. The van der Waals surface area contributed by atoms with Gasteiger partial charge in [-0.15, -0.1) is 0 Å². The van der Waals surface area contributed by atoms with Crippen LogP contribution in [0.15, 0.2) is 0 Å². The maximum absolute atomic E-state index is 12.6. The summed E-state index contributed by atoms with van der Waals surface area (Å²) in [6.07, 6.45) is 8.25. The van der Waals surface area contributed by atoms with Crippen molar-refractivity contribution >= 4 is 31.9 Å². The van der Waals surface area contributed by atoms with Crippen LogP contribution in [-0.4, -0.2) is 16.1 Å². The number of rotatable bonds is 15. The fourth-order valence-electron chi connectivity index (χ4n) is 2.36. The topological polar surface area (TPSA) is 0 Å². The second kappa shape index (κ2) is 14.1. The van der Waals surface area contributed by atoms with Gasteiger partial charge >= 0.3 is 12.3 Å². The van der Waals surface area contributed by atoms with Gasteiger partial charge in [0.25, 0.3) is 0 Å². The van der Waals surface area contributed by atoms with Crippen LogP contribution in [0.4, 0.5) is 17.6 Å². The minimum atomic E-state index is -3.80. The summed E-state index contributed by atoms with van der Waals surface area (Å²) < 4.78 is 49.6. The van der Waals surface area contributed by atoms with Gasteiger partial charge in [0.15, 0.2) is 0 Å². The number of alkyl halides is 6. The Labute approximate surface area is 149 Å². The average Bonchev–Trinajstić information content (AvgIpc) is 2.43. The Morgan fingerprint density at radius 3 is 1.36 bits per heavy atom. The molecule has 0 spiro atoms. The molecule has 0 unspecified atom stereocenters. The summed E-state index contributed by atoms with van der Waals surface area (Å²) in [7, 11) is 0. The van der Waals surface area contributed by atoms with Crippen molar-refractivity contribution in [3.8, 4) is 0 Å². The fraction of sp³-hybridized carbons (Fsp3) is 1.00. The Hall–Kier alpha value is 0.680. The first-order chi connectivity index (χ1) is 10.4. The molecular formula is C16H28Br2F4. The summed E-state index contributed by atoms with van der Waals surface area (Å²) in [6.45, 7) is 0. The third-order valence-corrected chi connectivity index (χ3v) is 4.67. The molecule has 0 heterocycles. The number of unbranched alkanes of at least 4 members (excludes halogenated alkanes) is 10. The highest BCUT2D eigenvalue weighted by atomic mass is 79.9. The van der Waals surface area contributed by atoms with Crippen molar-refractivity contribution in [2.45, 2.75) is 99.6 Å². The standard InChI is InChI=1S/C16H28Br2F4/c17-14(18)12-10-8-6-4-2-1-3-5-7-9-11-13-16(21,22)15(19)20/h14-15H,1-13H2. The molecule has 6 heteroatoms. The maximum Gasteiger partial charge on any atom is 0.307 e. The van der Waals surface area contributed by atoms with Crippen molar-refractivity contribution < 1.29 is 17.6 Å². The highest BCUT2D eigenvalue weighted by Gasteiger charge is 2.39. The van der Waals surface area contributed by atoms with Gasteiger partial charge < -0.3 is 0 Å². The first kappa shape index (κ1) is 22.7. The third-order valence-electron chi connectivity index (χ3n) is 3.75. The second-order valence-electron chi connectivity index (χ2n) is 5.88. The molecule has 0 rings (SSSR count). The summed E-state index contributed by atoms with van der Waals surface area (Å²) in [5, 5.41) is 0. The van der Waals surface area contributed by atoms with E-state index in [2.05, 4.69) is 31.9 Å². The summed E-state index contributed by atoms with van der Waals surface area (Å²) in [6, 6.07) is 0. The molecule has 0 aliphatic rings. The molecule has 0 N–H and O–H groups in total. The lowest BCUT2D eigenvalue weighted by Gasteiger charge is -2.14. The van der Waals surface area contributed by atoms with Crippen molar-refractivity contribution in [1.82, 2.24) is 0 Å². The van der Waals surface area contributed by atoms with Crippen LogP contribution in [0.3, 0.4) is 0 Å². The van der Waals surface area contributed by atoms with Crippen LogP contribution >= 0.6 is 31.9 Å². The van der Waals surface area contributed by atoms with E-state index in [4.69, 9.17) is 0 Å². The third kappa shape index (κ3) is 14.3. The molecule has 0 aromatic carbocycles. The van der Waals surface area contributed by atoms with Gasteiger partial charge in [-0.3, -0.25) is 0 Å². The first-order valence-electron chi connectivity index (χ1n) is 8.30. The van der Waals surface area contributed by atoms with E-state index in [1.807, 2.05) is 0 Å². The van der Waals surface area contributed by atoms with Gasteiger partial charge in [-0.05, 0) is 12.8 Å². The number of hydrogen-bond acceptors (Lipinski definition) is 0. The normalized spacial score (nSPS) is 12.5. The smallest absolute Gasteiger partial charge is 0.204 e. The van der Waals surface area contributed by atoms with E-state index >= 15 is 0 Å². The van der Waals surface area contributed by atoms with Crippen molar-refractivity contribution in [2.24, 2.45) is 0 Å². The predicted octanol–water partition coefficient (Wildman–Crippen LogP) is 8.07. The monoisotopic (exact) mass is 454 g/mol. The molecule has 0 atom stereocenters. The number of halogens is 6. The lowest BCUT2D eigenvalue weighted by Crippen LogP contribution is -2.25. The van der Waals surface area contributed by atoms with Gasteiger partial charge in [0.1, 0.15) is 0 Å². The van der Waals surface area contributed by atoms with E-state index in [9.17, 15) is 17.6 Å². The van der Waals surface area contributed by atoms with Crippen molar-refractivity contribution in [1.29, 1.82) is 0 Å². The van der Waals surface area contributed by atoms with Crippen LogP contribution in [0.25, 0.3) is 0 Å². The van der Waals surface area contributed by atoms with Crippen LogP contribution in [0.1, 0.15) is 83.5 Å². The van der Waals surface area contributed by atoms with E-state index in [1.165, 1.54) is 38.5 Å². The van der Waals surface area contributed by atoms with E-state index in [0.29, 0.717) is 10.2 Å². The molecular weight excluding hydrogens is 428 g/mol.